The lowest BCUT2D eigenvalue weighted by molar-refractivity contribution is 0.109. The first-order valence-electron chi connectivity index (χ1n) is 7.53. The third kappa shape index (κ3) is 3.23. The van der Waals surface area contributed by atoms with Crippen molar-refractivity contribution in [3.05, 3.63) is 0 Å². The molecule has 1 N–H and O–H groups in total. The van der Waals surface area contributed by atoms with Crippen LogP contribution < -0.4 is 5.32 Å². The Kier molecular flexibility index (Phi) is 4.87. The van der Waals surface area contributed by atoms with Gasteiger partial charge in [-0.1, -0.05) is 26.2 Å². The van der Waals surface area contributed by atoms with E-state index < -0.39 is 0 Å². The summed E-state index contributed by atoms with van der Waals surface area (Å²) in [6.45, 7) is 5.52. The minimum Gasteiger partial charge on any atom is -0.378 e. The number of nitrogens with one attached hydrogen (secondary N) is 1. The second-order valence-electron chi connectivity index (χ2n) is 6.14. The fourth-order valence-corrected chi connectivity index (χ4v) is 3.91. The lowest BCUT2D eigenvalue weighted by Crippen LogP contribution is -2.42. The maximum atomic E-state index is 5.74. The highest BCUT2D eigenvalue weighted by Crippen LogP contribution is 2.36. The molecule has 0 bridgehead atoms. The molecular weight excluding hydrogens is 210 g/mol. The zero-order valence-electron chi connectivity index (χ0n) is 11.7. The number of hydrogen-bond donors (Lipinski definition) is 1. The fraction of sp³-hybridized carbons (Fsp3) is 1.00. The fourth-order valence-electron chi connectivity index (χ4n) is 3.91. The molecule has 2 heteroatoms. The van der Waals surface area contributed by atoms with E-state index in [1.807, 2.05) is 0 Å². The molecule has 1 aliphatic carbocycles. The van der Waals surface area contributed by atoms with Crippen LogP contribution in [0.2, 0.25) is 0 Å². The molecular formula is C15H29NO. The Balaban J connectivity index is 1.86. The van der Waals surface area contributed by atoms with Crippen LogP contribution in [0, 0.1) is 17.8 Å². The van der Waals surface area contributed by atoms with E-state index in [0.29, 0.717) is 12.1 Å². The van der Waals surface area contributed by atoms with Crippen molar-refractivity contribution in [3.8, 4) is 0 Å². The van der Waals surface area contributed by atoms with Gasteiger partial charge in [-0.25, -0.2) is 0 Å². The van der Waals surface area contributed by atoms with Gasteiger partial charge < -0.3 is 10.1 Å². The standard InChI is InChI=1S/C15H29NO/c1-4-12-5-7-13(8-6-12)15(16-3)14-9-11(2)17-10-14/h11-16H,4-10H2,1-3H3. The SMILES string of the molecule is CCC1CCC(C(NC)C2COC(C)C2)CC1. The van der Waals surface area contributed by atoms with Crippen LogP contribution in [0.4, 0.5) is 0 Å². The number of rotatable bonds is 4. The monoisotopic (exact) mass is 239 g/mol. The molecule has 1 aliphatic heterocycles. The first-order chi connectivity index (χ1) is 8.24. The van der Waals surface area contributed by atoms with Crippen LogP contribution in [0.15, 0.2) is 0 Å². The van der Waals surface area contributed by atoms with Crippen LogP contribution >= 0.6 is 0 Å². The molecule has 2 rings (SSSR count). The largest absolute Gasteiger partial charge is 0.378 e. The third-order valence-electron chi connectivity index (χ3n) is 5.05. The zero-order valence-corrected chi connectivity index (χ0v) is 11.7. The normalized spacial score (nSPS) is 40.4. The average Bonchev–Trinajstić information content (AvgIpc) is 2.78. The summed E-state index contributed by atoms with van der Waals surface area (Å²) in [5.41, 5.74) is 0. The highest BCUT2D eigenvalue weighted by Gasteiger charge is 2.35. The molecule has 1 saturated carbocycles. The molecule has 3 unspecified atom stereocenters. The Morgan fingerprint density at radius 3 is 2.35 bits per heavy atom. The van der Waals surface area contributed by atoms with E-state index in [4.69, 9.17) is 4.74 Å². The minimum absolute atomic E-state index is 0.475. The molecule has 0 radical (unpaired) electrons. The van der Waals surface area contributed by atoms with Crippen molar-refractivity contribution in [1.29, 1.82) is 0 Å². The van der Waals surface area contributed by atoms with Gasteiger partial charge in [-0.05, 0) is 45.1 Å². The Morgan fingerprint density at radius 1 is 1.18 bits per heavy atom. The molecule has 0 aromatic carbocycles. The first-order valence-corrected chi connectivity index (χ1v) is 7.53. The summed E-state index contributed by atoms with van der Waals surface area (Å²) in [7, 11) is 2.14. The van der Waals surface area contributed by atoms with E-state index in [0.717, 1.165) is 24.4 Å². The van der Waals surface area contributed by atoms with Gasteiger partial charge in [-0.15, -0.1) is 0 Å². The Labute approximate surface area is 107 Å². The lowest BCUT2D eigenvalue weighted by atomic mass is 9.74. The van der Waals surface area contributed by atoms with Crippen LogP contribution in [0.1, 0.15) is 52.4 Å². The average molecular weight is 239 g/mol. The third-order valence-corrected chi connectivity index (χ3v) is 5.05. The van der Waals surface area contributed by atoms with E-state index in [-0.39, 0.29) is 0 Å². The van der Waals surface area contributed by atoms with Gasteiger partial charge >= 0.3 is 0 Å². The number of ether oxygens (including phenoxy) is 1. The van der Waals surface area contributed by atoms with Gasteiger partial charge in [0.15, 0.2) is 0 Å². The molecule has 0 amide bonds. The molecule has 17 heavy (non-hydrogen) atoms. The van der Waals surface area contributed by atoms with E-state index in [2.05, 4.69) is 26.2 Å². The molecule has 0 spiro atoms. The lowest BCUT2D eigenvalue weighted by Gasteiger charge is -2.36. The second-order valence-corrected chi connectivity index (χ2v) is 6.14. The summed E-state index contributed by atoms with van der Waals surface area (Å²) in [6, 6.07) is 0.692. The van der Waals surface area contributed by atoms with Crippen molar-refractivity contribution in [2.45, 2.75) is 64.5 Å². The summed E-state index contributed by atoms with van der Waals surface area (Å²) in [6.07, 6.45) is 8.84. The van der Waals surface area contributed by atoms with Crippen molar-refractivity contribution in [2.75, 3.05) is 13.7 Å². The predicted octanol–water partition coefficient (Wildman–Crippen LogP) is 3.22. The van der Waals surface area contributed by atoms with Crippen LogP contribution in [0.3, 0.4) is 0 Å². The molecule has 0 aromatic heterocycles. The molecule has 2 aliphatic rings. The van der Waals surface area contributed by atoms with Crippen molar-refractivity contribution >= 4 is 0 Å². The van der Waals surface area contributed by atoms with E-state index in [1.54, 1.807) is 0 Å². The smallest absolute Gasteiger partial charge is 0.0551 e. The van der Waals surface area contributed by atoms with Gasteiger partial charge in [0, 0.05) is 12.0 Å². The topological polar surface area (TPSA) is 21.3 Å². The Morgan fingerprint density at radius 2 is 1.88 bits per heavy atom. The highest BCUT2D eigenvalue weighted by molar-refractivity contribution is 4.88. The predicted molar refractivity (Wildman–Crippen MR) is 72.1 cm³/mol. The minimum atomic E-state index is 0.475. The van der Waals surface area contributed by atoms with E-state index in [1.165, 1.54) is 38.5 Å². The molecule has 3 atom stereocenters. The molecule has 1 saturated heterocycles. The summed E-state index contributed by atoms with van der Waals surface area (Å²) < 4.78 is 5.74. The van der Waals surface area contributed by atoms with Crippen molar-refractivity contribution in [1.82, 2.24) is 5.32 Å². The van der Waals surface area contributed by atoms with Gasteiger partial charge in [0.25, 0.3) is 0 Å². The van der Waals surface area contributed by atoms with E-state index in [9.17, 15) is 0 Å². The van der Waals surface area contributed by atoms with Gasteiger partial charge in [0.05, 0.1) is 12.7 Å². The maximum absolute atomic E-state index is 5.74. The zero-order chi connectivity index (χ0) is 12.3. The first kappa shape index (κ1) is 13.4. The Hall–Kier alpha value is -0.0800. The summed E-state index contributed by atoms with van der Waals surface area (Å²) in [5.74, 6) is 2.64. The van der Waals surface area contributed by atoms with Crippen molar-refractivity contribution < 1.29 is 4.74 Å². The van der Waals surface area contributed by atoms with Crippen LogP contribution in [-0.2, 0) is 4.74 Å². The molecule has 100 valence electrons. The van der Waals surface area contributed by atoms with Crippen LogP contribution in [0.25, 0.3) is 0 Å². The second kappa shape index (κ2) is 6.19. The molecule has 2 fully saturated rings. The van der Waals surface area contributed by atoms with Gasteiger partial charge in [0.1, 0.15) is 0 Å². The van der Waals surface area contributed by atoms with Gasteiger partial charge in [0.2, 0.25) is 0 Å². The van der Waals surface area contributed by atoms with Crippen molar-refractivity contribution in [2.24, 2.45) is 17.8 Å². The molecule has 2 nitrogen and oxygen atoms in total. The van der Waals surface area contributed by atoms with Gasteiger partial charge in [-0.3, -0.25) is 0 Å². The molecule has 1 heterocycles. The maximum Gasteiger partial charge on any atom is 0.0551 e. The highest BCUT2D eigenvalue weighted by atomic mass is 16.5. The van der Waals surface area contributed by atoms with Crippen LogP contribution in [0.5, 0.6) is 0 Å². The summed E-state index contributed by atoms with van der Waals surface area (Å²) >= 11 is 0. The quantitative estimate of drug-likeness (QED) is 0.813. The number of hydrogen-bond acceptors (Lipinski definition) is 2. The van der Waals surface area contributed by atoms with E-state index >= 15 is 0 Å². The molecule has 0 aromatic rings. The summed E-state index contributed by atoms with van der Waals surface area (Å²) in [4.78, 5) is 0. The van der Waals surface area contributed by atoms with Gasteiger partial charge in [-0.2, -0.15) is 0 Å². The van der Waals surface area contributed by atoms with Crippen LogP contribution in [-0.4, -0.2) is 25.8 Å². The van der Waals surface area contributed by atoms with Crippen molar-refractivity contribution in [3.63, 3.8) is 0 Å². The summed E-state index contributed by atoms with van der Waals surface area (Å²) in [5, 5.41) is 3.59. The Bertz CT molecular complexity index is 223.